The lowest BCUT2D eigenvalue weighted by molar-refractivity contribution is 0.246. The van der Waals surface area contributed by atoms with Gasteiger partial charge in [0.15, 0.2) is 0 Å². The Hall–Kier alpha value is -1.06. The average molecular weight is 249 g/mol. The summed E-state index contributed by atoms with van der Waals surface area (Å²) in [4.78, 5) is 0. The fraction of sp³-hybridized carbons (Fsp3) is 0.600. The Bertz CT molecular complexity index is 383. The van der Waals surface area contributed by atoms with Crippen LogP contribution in [0.5, 0.6) is 0 Å². The second-order valence-corrected chi connectivity index (χ2v) is 5.38. The van der Waals surface area contributed by atoms with E-state index in [9.17, 15) is 0 Å². The largest absolute Gasteiger partial charge is 0.472 e. The first kappa shape index (κ1) is 13.4. The van der Waals surface area contributed by atoms with E-state index in [2.05, 4.69) is 18.3 Å². The summed E-state index contributed by atoms with van der Waals surface area (Å²) in [6, 6.07) is 2.94. The van der Waals surface area contributed by atoms with Crippen LogP contribution in [0, 0.1) is 5.92 Å². The number of furan rings is 1. The van der Waals surface area contributed by atoms with Crippen LogP contribution in [0.15, 0.2) is 34.7 Å². The Morgan fingerprint density at radius 3 is 3.06 bits per heavy atom. The van der Waals surface area contributed by atoms with Crippen molar-refractivity contribution in [2.24, 2.45) is 5.92 Å². The molecular formula is C15H23NO2. The summed E-state index contributed by atoms with van der Waals surface area (Å²) in [6.07, 6.45) is 9.10. The van der Waals surface area contributed by atoms with E-state index in [-0.39, 0.29) is 6.61 Å². The molecule has 0 aliphatic carbocycles. The Kier molecular flexibility index (Phi) is 4.61. The molecule has 3 atom stereocenters. The van der Waals surface area contributed by atoms with Gasteiger partial charge in [-0.25, -0.2) is 0 Å². The van der Waals surface area contributed by atoms with Gasteiger partial charge in [-0.2, -0.15) is 0 Å². The molecule has 18 heavy (non-hydrogen) atoms. The Morgan fingerprint density at radius 2 is 2.39 bits per heavy atom. The van der Waals surface area contributed by atoms with Gasteiger partial charge in [0.2, 0.25) is 0 Å². The zero-order valence-corrected chi connectivity index (χ0v) is 11.2. The first-order valence-electron chi connectivity index (χ1n) is 6.75. The van der Waals surface area contributed by atoms with Crippen LogP contribution in [-0.2, 0) is 0 Å². The summed E-state index contributed by atoms with van der Waals surface area (Å²) >= 11 is 0. The first-order valence-corrected chi connectivity index (χ1v) is 6.75. The highest BCUT2D eigenvalue weighted by molar-refractivity contribution is 5.13. The molecule has 0 spiro atoms. The van der Waals surface area contributed by atoms with Crippen LogP contribution in [0.1, 0.15) is 44.7 Å². The van der Waals surface area contributed by atoms with E-state index in [4.69, 9.17) is 9.52 Å². The highest BCUT2D eigenvalue weighted by atomic mass is 16.3. The van der Waals surface area contributed by atoms with Crippen LogP contribution >= 0.6 is 0 Å². The number of rotatable bonds is 4. The molecule has 1 aromatic rings. The fourth-order valence-corrected chi connectivity index (χ4v) is 2.57. The van der Waals surface area contributed by atoms with Gasteiger partial charge in [-0.15, -0.1) is 0 Å². The third kappa shape index (κ3) is 3.24. The van der Waals surface area contributed by atoms with Crippen molar-refractivity contribution in [3.63, 3.8) is 0 Å². The summed E-state index contributed by atoms with van der Waals surface area (Å²) in [6.45, 7) is 4.43. The van der Waals surface area contributed by atoms with Crippen molar-refractivity contribution in [3.05, 3.63) is 35.8 Å². The van der Waals surface area contributed by atoms with Gasteiger partial charge in [0.1, 0.15) is 0 Å². The second-order valence-electron chi connectivity index (χ2n) is 5.38. The maximum absolute atomic E-state index is 9.03. The highest BCUT2D eigenvalue weighted by Crippen LogP contribution is 2.30. The molecule has 0 aromatic carbocycles. The van der Waals surface area contributed by atoms with Crippen LogP contribution in [0.2, 0.25) is 0 Å². The minimum absolute atomic E-state index is 0.159. The number of hydrogen-bond donors (Lipinski definition) is 2. The molecule has 0 amide bonds. The van der Waals surface area contributed by atoms with Crippen molar-refractivity contribution in [2.45, 2.75) is 45.2 Å². The van der Waals surface area contributed by atoms with Crippen molar-refractivity contribution in [1.29, 1.82) is 0 Å². The zero-order chi connectivity index (χ0) is 13.0. The van der Waals surface area contributed by atoms with Crippen molar-refractivity contribution in [1.82, 2.24) is 5.32 Å². The third-order valence-electron chi connectivity index (χ3n) is 3.93. The highest BCUT2D eigenvalue weighted by Gasteiger charge is 2.27. The number of nitrogens with one attached hydrogen (secondary N) is 1. The van der Waals surface area contributed by atoms with Gasteiger partial charge in [0.05, 0.1) is 19.1 Å². The minimum atomic E-state index is 0.159. The third-order valence-corrected chi connectivity index (χ3v) is 3.93. The molecule has 3 unspecified atom stereocenters. The van der Waals surface area contributed by atoms with Crippen molar-refractivity contribution in [2.75, 3.05) is 6.61 Å². The molecule has 0 bridgehead atoms. The Labute approximate surface area is 109 Å². The average Bonchev–Trinajstić information content (AvgIpc) is 2.91. The number of aliphatic hydroxyl groups excluding tert-OH is 1. The summed E-state index contributed by atoms with van der Waals surface area (Å²) in [5.74, 6) is 0.677. The summed E-state index contributed by atoms with van der Waals surface area (Å²) in [5, 5.41) is 12.7. The van der Waals surface area contributed by atoms with E-state index in [1.54, 1.807) is 6.26 Å². The van der Waals surface area contributed by atoms with E-state index in [1.807, 2.05) is 19.3 Å². The predicted octanol–water partition coefficient (Wildman–Crippen LogP) is 3.04. The maximum Gasteiger partial charge on any atom is 0.0950 e. The predicted molar refractivity (Wildman–Crippen MR) is 72.2 cm³/mol. The maximum atomic E-state index is 9.03. The van der Waals surface area contributed by atoms with Crippen molar-refractivity contribution in [3.8, 4) is 0 Å². The van der Waals surface area contributed by atoms with Gasteiger partial charge in [-0.3, -0.25) is 0 Å². The molecule has 1 aromatic heterocycles. The molecule has 2 N–H and O–H groups in total. The number of aliphatic hydroxyl groups is 1. The zero-order valence-electron chi connectivity index (χ0n) is 11.2. The molecule has 1 aliphatic rings. The summed E-state index contributed by atoms with van der Waals surface area (Å²) in [7, 11) is 0. The molecule has 0 radical (unpaired) electrons. The van der Waals surface area contributed by atoms with E-state index in [0.29, 0.717) is 18.0 Å². The number of piperidine rings is 1. The molecule has 2 heterocycles. The lowest BCUT2D eigenvalue weighted by Crippen LogP contribution is -2.41. The molecule has 1 fully saturated rings. The van der Waals surface area contributed by atoms with Crippen LogP contribution < -0.4 is 5.32 Å². The molecular weight excluding hydrogens is 226 g/mol. The first-order chi connectivity index (χ1) is 8.70. The standard InChI is InChI=1S/C15H23NO2/c1-11(9-17)3-5-14-12(2)4-6-15(16-14)13-7-8-18-10-13/h3,7-8,10,12,14-17H,4-6,9H2,1-2H3. The summed E-state index contributed by atoms with van der Waals surface area (Å²) < 4.78 is 5.16. The van der Waals surface area contributed by atoms with E-state index >= 15 is 0 Å². The Morgan fingerprint density at radius 1 is 1.56 bits per heavy atom. The van der Waals surface area contributed by atoms with E-state index in [0.717, 1.165) is 12.0 Å². The lowest BCUT2D eigenvalue weighted by atomic mass is 9.85. The van der Waals surface area contributed by atoms with Crippen LogP contribution in [0.4, 0.5) is 0 Å². The van der Waals surface area contributed by atoms with Gasteiger partial charge in [0, 0.05) is 17.6 Å². The molecule has 0 saturated carbocycles. The van der Waals surface area contributed by atoms with Gasteiger partial charge in [-0.05, 0) is 38.2 Å². The van der Waals surface area contributed by atoms with Crippen LogP contribution in [0.25, 0.3) is 0 Å². The van der Waals surface area contributed by atoms with Crippen molar-refractivity contribution < 1.29 is 9.52 Å². The second kappa shape index (κ2) is 6.21. The summed E-state index contributed by atoms with van der Waals surface area (Å²) in [5.41, 5.74) is 2.30. The van der Waals surface area contributed by atoms with E-state index in [1.165, 1.54) is 18.4 Å². The van der Waals surface area contributed by atoms with Gasteiger partial charge < -0.3 is 14.8 Å². The SMILES string of the molecule is CC(=CCC1NC(c2ccoc2)CCC1C)CO. The van der Waals surface area contributed by atoms with Gasteiger partial charge in [-0.1, -0.05) is 18.6 Å². The fourth-order valence-electron chi connectivity index (χ4n) is 2.57. The van der Waals surface area contributed by atoms with Gasteiger partial charge >= 0.3 is 0 Å². The van der Waals surface area contributed by atoms with Crippen molar-refractivity contribution >= 4 is 0 Å². The lowest BCUT2D eigenvalue weighted by Gasteiger charge is -2.35. The van der Waals surface area contributed by atoms with E-state index < -0.39 is 0 Å². The molecule has 3 heteroatoms. The molecule has 1 aliphatic heterocycles. The van der Waals surface area contributed by atoms with Crippen LogP contribution in [-0.4, -0.2) is 17.8 Å². The quantitative estimate of drug-likeness (QED) is 0.806. The molecule has 1 saturated heterocycles. The topological polar surface area (TPSA) is 45.4 Å². The van der Waals surface area contributed by atoms with Gasteiger partial charge in [0.25, 0.3) is 0 Å². The number of hydrogen-bond acceptors (Lipinski definition) is 3. The smallest absolute Gasteiger partial charge is 0.0950 e. The minimum Gasteiger partial charge on any atom is -0.472 e. The Balaban J connectivity index is 1.97. The molecule has 100 valence electrons. The van der Waals surface area contributed by atoms with Crippen LogP contribution in [0.3, 0.4) is 0 Å². The molecule has 2 rings (SSSR count). The normalized spacial score (nSPS) is 29.5. The molecule has 3 nitrogen and oxygen atoms in total. The monoisotopic (exact) mass is 249 g/mol.